The first-order chi connectivity index (χ1) is 14.6. The number of rotatable bonds is 3. The summed E-state index contributed by atoms with van der Waals surface area (Å²) in [5, 5.41) is 0.805. The number of nitrogens with two attached hydrogens (primary N) is 1. The van der Waals surface area contributed by atoms with E-state index in [-0.39, 0.29) is 16.6 Å². The van der Waals surface area contributed by atoms with Crippen LogP contribution >= 0.6 is 11.3 Å². The van der Waals surface area contributed by atoms with Crippen molar-refractivity contribution in [3.63, 3.8) is 0 Å². The van der Waals surface area contributed by atoms with E-state index in [2.05, 4.69) is 0 Å². The van der Waals surface area contributed by atoms with Crippen molar-refractivity contribution in [1.82, 2.24) is 0 Å². The number of anilines is 1. The molecule has 0 radical (unpaired) electrons. The number of thiophene rings is 1. The van der Waals surface area contributed by atoms with E-state index in [1.807, 2.05) is 0 Å². The van der Waals surface area contributed by atoms with Crippen LogP contribution in [0.2, 0.25) is 0 Å². The summed E-state index contributed by atoms with van der Waals surface area (Å²) < 4.78 is 118. The zero-order chi connectivity index (χ0) is 24.1. The van der Waals surface area contributed by atoms with E-state index in [0.29, 0.717) is 35.6 Å². The Hall–Kier alpha value is -3.02. The highest BCUT2D eigenvalue weighted by atomic mass is 32.1. The molecule has 1 aromatic heterocycles. The molecule has 12 heteroatoms. The van der Waals surface area contributed by atoms with Crippen LogP contribution < -0.4 is 5.73 Å². The Kier molecular flexibility index (Phi) is 5.79. The summed E-state index contributed by atoms with van der Waals surface area (Å²) in [6, 6.07) is 3.97. The molecule has 0 unspecified atom stereocenters. The number of alkyl halides is 9. The third-order valence-electron chi connectivity index (χ3n) is 4.40. The maximum atomic E-state index is 13.2. The van der Waals surface area contributed by atoms with E-state index in [9.17, 15) is 44.3 Å². The summed E-state index contributed by atoms with van der Waals surface area (Å²) in [6.07, 6.45) is -15.0. The molecule has 0 saturated carbocycles. The Labute approximate surface area is 178 Å². The van der Waals surface area contributed by atoms with E-state index in [1.54, 1.807) is 0 Å². The third-order valence-corrected chi connectivity index (χ3v) is 5.21. The van der Waals surface area contributed by atoms with E-state index in [1.165, 1.54) is 0 Å². The van der Waals surface area contributed by atoms with Crippen molar-refractivity contribution < 1.29 is 44.3 Å². The Morgan fingerprint density at radius 1 is 0.750 bits per heavy atom. The number of ketones is 1. The number of hydrogen-bond donors (Lipinski definition) is 1. The lowest BCUT2D eigenvalue weighted by Gasteiger charge is -2.15. The molecule has 0 saturated heterocycles. The molecule has 3 rings (SSSR count). The minimum absolute atomic E-state index is 0.0759. The fourth-order valence-corrected chi connectivity index (χ4v) is 3.73. The summed E-state index contributed by atoms with van der Waals surface area (Å²) >= 11 is 0.658. The third kappa shape index (κ3) is 4.74. The van der Waals surface area contributed by atoms with Gasteiger partial charge in [-0.3, -0.25) is 4.79 Å². The number of halogens is 9. The maximum Gasteiger partial charge on any atom is 0.416 e. The Morgan fingerprint density at radius 3 is 1.78 bits per heavy atom. The van der Waals surface area contributed by atoms with Crippen molar-refractivity contribution >= 4 is 22.1 Å². The minimum atomic E-state index is -5.12. The molecule has 0 aliphatic carbocycles. The van der Waals surface area contributed by atoms with Gasteiger partial charge in [0.25, 0.3) is 0 Å². The van der Waals surface area contributed by atoms with Crippen molar-refractivity contribution in [3.05, 3.63) is 75.7 Å². The van der Waals surface area contributed by atoms with Gasteiger partial charge in [0.05, 0.1) is 27.3 Å². The van der Waals surface area contributed by atoms with Gasteiger partial charge in [-0.05, 0) is 35.9 Å². The summed E-state index contributed by atoms with van der Waals surface area (Å²) in [4.78, 5) is 12.9. The van der Waals surface area contributed by atoms with Gasteiger partial charge in [-0.1, -0.05) is 12.1 Å². The zero-order valence-corrected chi connectivity index (χ0v) is 16.2. The number of carbonyl (C=O) groups is 1. The van der Waals surface area contributed by atoms with E-state index >= 15 is 0 Å². The van der Waals surface area contributed by atoms with Crippen LogP contribution in [-0.2, 0) is 18.5 Å². The molecule has 2 N–H and O–H groups in total. The van der Waals surface area contributed by atoms with Crippen LogP contribution in [0.4, 0.5) is 44.5 Å². The van der Waals surface area contributed by atoms with E-state index < -0.39 is 57.7 Å². The van der Waals surface area contributed by atoms with Crippen molar-refractivity contribution in [1.29, 1.82) is 0 Å². The van der Waals surface area contributed by atoms with Gasteiger partial charge < -0.3 is 5.73 Å². The molecule has 0 bridgehead atoms. The molecule has 32 heavy (non-hydrogen) atoms. The molecule has 170 valence electrons. The van der Waals surface area contributed by atoms with Gasteiger partial charge in [0, 0.05) is 16.5 Å². The topological polar surface area (TPSA) is 43.1 Å². The lowest BCUT2D eigenvalue weighted by atomic mass is 9.94. The molecular weight excluding hydrogens is 473 g/mol. The lowest BCUT2D eigenvalue weighted by Crippen LogP contribution is -2.12. The lowest BCUT2D eigenvalue weighted by molar-refractivity contribution is -0.143. The first-order valence-electron chi connectivity index (χ1n) is 8.48. The maximum absolute atomic E-state index is 13.2. The Morgan fingerprint density at radius 2 is 1.28 bits per heavy atom. The van der Waals surface area contributed by atoms with Gasteiger partial charge in [-0.2, -0.15) is 39.5 Å². The molecule has 2 nitrogen and oxygen atoms in total. The van der Waals surface area contributed by atoms with Crippen LogP contribution in [0, 0.1) is 0 Å². The fourth-order valence-electron chi connectivity index (χ4n) is 2.91. The SMILES string of the molecule is Nc1scc(-c2cc(C(F)(F)F)cc(C(F)(F)F)c2)c1C(=O)c1cccc(C(F)(F)F)c1. The fraction of sp³-hybridized carbons (Fsp3) is 0.150. The molecule has 0 spiro atoms. The average Bonchev–Trinajstić information content (AvgIpc) is 3.06. The second-order valence-electron chi connectivity index (χ2n) is 6.59. The molecule has 0 aliphatic rings. The smallest absolute Gasteiger partial charge is 0.390 e. The molecule has 2 aromatic carbocycles. The van der Waals surface area contributed by atoms with Crippen molar-refractivity contribution in [3.8, 4) is 11.1 Å². The molecule has 0 atom stereocenters. The Bertz CT molecular complexity index is 1140. The van der Waals surface area contributed by atoms with Gasteiger partial charge in [-0.15, -0.1) is 11.3 Å². The molecule has 3 aromatic rings. The highest BCUT2D eigenvalue weighted by molar-refractivity contribution is 7.15. The first kappa shape index (κ1) is 23.6. The largest absolute Gasteiger partial charge is 0.416 e. The van der Waals surface area contributed by atoms with Gasteiger partial charge in [-0.25, -0.2) is 0 Å². The number of hydrogen-bond acceptors (Lipinski definition) is 3. The van der Waals surface area contributed by atoms with Crippen LogP contribution in [-0.4, -0.2) is 5.78 Å². The quantitative estimate of drug-likeness (QED) is 0.314. The predicted molar refractivity (Wildman–Crippen MR) is 99.0 cm³/mol. The van der Waals surface area contributed by atoms with Crippen LogP contribution in [0.3, 0.4) is 0 Å². The van der Waals surface area contributed by atoms with Crippen LogP contribution in [0.15, 0.2) is 47.8 Å². The summed E-state index contributed by atoms with van der Waals surface area (Å²) in [6.45, 7) is 0. The second-order valence-corrected chi connectivity index (χ2v) is 7.50. The number of carbonyl (C=O) groups excluding carboxylic acids is 1. The average molecular weight is 483 g/mol. The molecular formula is C20H10F9NOS. The standard InChI is InChI=1S/C20H10F9NOS/c21-18(22,23)11-3-1-2-9(4-11)16(31)15-14(8-32-17(15)30)10-5-12(19(24,25)26)7-13(6-10)20(27,28)29/h1-8H,30H2. The van der Waals surface area contributed by atoms with Gasteiger partial charge in [0.2, 0.25) is 0 Å². The van der Waals surface area contributed by atoms with Crippen molar-refractivity contribution in [2.45, 2.75) is 18.5 Å². The number of nitrogen functional groups attached to an aromatic ring is 1. The predicted octanol–water partition coefficient (Wildman–Crippen LogP) is 7.28. The number of benzene rings is 2. The van der Waals surface area contributed by atoms with Crippen LogP contribution in [0.1, 0.15) is 32.6 Å². The normalized spacial score (nSPS) is 12.8. The molecule has 0 fully saturated rings. The van der Waals surface area contributed by atoms with Crippen molar-refractivity contribution in [2.24, 2.45) is 0 Å². The molecule has 1 heterocycles. The van der Waals surface area contributed by atoms with Gasteiger partial charge >= 0.3 is 18.5 Å². The van der Waals surface area contributed by atoms with E-state index in [4.69, 9.17) is 5.73 Å². The highest BCUT2D eigenvalue weighted by Gasteiger charge is 2.38. The zero-order valence-electron chi connectivity index (χ0n) is 15.4. The summed E-state index contributed by atoms with van der Waals surface area (Å²) in [5.41, 5.74) is -0.568. The summed E-state index contributed by atoms with van der Waals surface area (Å²) in [7, 11) is 0. The van der Waals surface area contributed by atoms with Crippen LogP contribution in [0.5, 0.6) is 0 Å². The van der Waals surface area contributed by atoms with E-state index in [0.717, 1.165) is 17.5 Å². The van der Waals surface area contributed by atoms with Crippen molar-refractivity contribution in [2.75, 3.05) is 5.73 Å². The molecule has 0 aliphatic heterocycles. The Balaban J connectivity index is 2.19. The highest BCUT2D eigenvalue weighted by Crippen LogP contribution is 2.42. The van der Waals surface area contributed by atoms with Crippen LogP contribution in [0.25, 0.3) is 11.1 Å². The minimum Gasteiger partial charge on any atom is -0.390 e. The second kappa shape index (κ2) is 7.84. The summed E-state index contributed by atoms with van der Waals surface area (Å²) in [5.74, 6) is -1.07. The monoisotopic (exact) mass is 483 g/mol. The molecule has 0 amide bonds. The van der Waals surface area contributed by atoms with Gasteiger partial charge in [0.15, 0.2) is 5.78 Å². The first-order valence-corrected chi connectivity index (χ1v) is 9.36. The van der Waals surface area contributed by atoms with Gasteiger partial charge in [0.1, 0.15) is 0 Å².